The Hall–Kier alpha value is -2.20. The minimum atomic E-state index is -1.22. The Balaban J connectivity index is 1.66. The molecule has 2 aliphatic heterocycles. The topological polar surface area (TPSA) is 180 Å². The third-order valence-corrected chi connectivity index (χ3v) is 8.04. The smallest absolute Gasteiger partial charge is 0.313 e. The summed E-state index contributed by atoms with van der Waals surface area (Å²) in [4.78, 5) is 49.7. The van der Waals surface area contributed by atoms with Gasteiger partial charge in [0.1, 0.15) is 16.8 Å². The summed E-state index contributed by atoms with van der Waals surface area (Å²) in [6.45, 7) is -0.0369. The number of nitrogens with zero attached hydrogens (tertiary/aromatic N) is 6. The molecule has 13 nitrogen and oxygen atoms in total. The van der Waals surface area contributed by atoms with Gasteiger partial charge in [0.15, 0.2) is 0 Å². The van der Waals surface area contributed by atoms with Gasteiger partial charge in [-0.25, -0.2) is 4.68 Å². The largest absolute Gasteiger partial charge is 0.481 e. The molecule has 0 radical (unpaired) electrons. The number of hydrogen-bond acceptors (Lipinski definition) is 11. The summed E-state index contributed by atoms with van der Waals surface area (Å²) < 4.78 is 1.42. The van der Waals surface area contributed by atoms with E-state index < -0.39 is 46.1 Å². The first-order valence-corrected chi connectivity index (χ1v) is 11.5. The van der Waals surface area contributed by atoms with Gasteiger partial charge in [-0.2, -0.15) is 0 Å². The second kappa shape index (κ2) is 8.89. The normalized spacial score (nSPS) is 26.0. The number of carboxylic acid groups (broad SMARTS) is 1. The second-order valence-corrected chi connectivity index (χ2v) is 9.19. The molecule has 2 fully saturated rings. The van der Waals surface area contributed by atoms with Gasteiger partial charge >= 0.3 is 5.97 Å². The number of oxime groups is 1. The SMILES string of the molecule is Cn1nnnc1SCC1(C(=O)O)CS[C@@H]2C(NC(=O)C(=NO)C(=O)CBr)C(=O)N2C1. The minimum absolute atomic E-state index is 0.0369. The molecule has 0 aliphatic carbocycles. The van der Waals surface area contributed by atoms with E-state index in [1.54, 1.807) is 7.05 Å². The van der Waals surface area contributed by atoms with E-state index in [0.29, 0.717) is 5.16 Å². The van der Waals surface area contributed by atoms with Crippen LogP contribution in [0.3, 0.4) is 0 Å². The molecule has 3 N–H and O–H groups in total. The number of halogens is 1. The average Bonchev–Trinajstić information content (AvgIpc) is 3.15. The van der Waals surface area contributed by atoms with Gasteiger partial charge in [0.05, 0.1) is 5.33 Å². The zero-order valence-electron chi connectivity index (χ0n) is 15.4. The molecule has 0 aromatic carbocycles. The van der Waals surface area contributed by atoms with Gasteiger partial charge in [-0.15, -0.1) is 16.9 Å². The Labute approximate surface area is 186 Å². The molecule has 30 heavy (non-hydrogen) atoms. The van der Waals surface area contributed by atoms with Crippen LogP contribution in [0, 0.1) is 5.41 Å². The van der Waals surface area contributed by atoms with Crippen molar-refractivity contribution in [1.82, 2.24) is 30.4 Å². The van der Waals surface area contributed by atoms with Crippen molar-refractivity contribution in [3.63, 3.8) is 0 Å². The van der Waals surface area contributed by atoms with E-state index in [9.17, 15) is 24.3 Å². The number of β-lactam (4-membered cyclic amide) rings is 1. The number of thioether (sulfide) groups is 2. The highest BCUT2D eigenvalue weighted by atomic mass is 79.9. The average molecular weight is 522 g/mol. The van der Waals surface area contributed by atoms with Gasteiger partial charge < -0.3 is 20.5 Å². The molecule has 1 aromatic heterocycles. The Kier molecular flexibility index (Phi) is 6.66. The van der Waals surface area contributed by atoms with Crippen LogP contribution in [0.2, 0.25) is 0 Å². The van der Waals surface area contributed by atoms with Crippen LogP contribution in [0.25, 0.3) is 0 Å². The van der Waals surface area contributed by atoms with Crippen LogP contribution in [-0.4, -0.2) is 99.5 Å². The van der Waals surface area contributed by atoms with Gasteiger partial charge in [0, 0.05) is 25.1 Å². The van der Waals surface area contributed by atoms with Gasteiger partial charge in [0.25, 0.3) is 5.91 Å². The van der Waals surface area contributed by atoms with Crippen molar-refractivity contribution in [2.45, 2.75) is 16.6 Å². The predicted octanol–water partition coefficient (Wildman–Crippen LogP) is -1.43. The van der Waals surface area contributed by atoms with E-state index in [4.69, 9.17) is 5.21 Å². The molecule has 3 rings (SSSR count). The van der Waals surface area contributed by atoms with Crippen LogP contribution in [0.4, 0.5) is 0 Å². The molecule has 16 heteroatoms. The van der Waals surface area contributed by atoms with E-state index in [-0.39, 0.29) is 23.4 Å². The highest BCUT2D eigenvalue weighted by molar-refractivity contribution is 9.09. The summed E-state index contributed by atoms with van der Waals surface area (Å²) in [7, 11) is 1.64. The van der Waals surface area contributed by atoms with Crippen molar-refractivity contribution in [3.8, 4) is 0 Å². The highest BCUT2D eigenvalue weighted by Crippen LogP contribution is 2.44. The number of rotatable bonds is 8. The number of nitrogens with one attached hydrogen (secondary N) is 1. The van der Waals surface area contributed by atoms with Gasteiger partial charge in [-0.05, 0) is 10.4 Å². The van der Waals surface area contributed by atoms with Crippen LogP contribution in [0.5, 0.6) is 0 Å². The Bertz CT molecular complexity index is 926. The maximum absolute atomic E-state index is 12.5. The van der Waals surface area contributed by atoms with Crippen molar-refractivity contribution in [1.29, 1.82) is 0 Å². The number of amides is 2. The predicted molar refractivity (Wildman–Crippen MR) is 108 cm³/mol. The van der Waals surface area contributed by atoms with E-state index >= 15 is 0 Å². The molecule has 2 amide bonds. The lowest BCUT2D eigenvalue weighted by Gasteiger charge is -2.53. The highest BCUT2D eigenvalue weighted by Gasteiger charge is 2.57. The number of aliphatic carboxylic acids is 1. The van der Waals surface area contributed by atoms with E-state index in [0.717, 1.165) is 0 Å². The quantitative estimate of drug-likeness (QED) is 0.0693. The number of carbonyl (C=O) groups excluding carboxylic acids is 3. The zero-order chi connectivity index (χ0) is 22.1. The van der Waals surface area contributed by atoms with Crippen LogP contribution >= 0.6 is 39.5 Å². The first-order chi connectivity index (χ1) is 14.2. The van der Waals surface area contributed by atoms with Gasteiger partial charge in [-0.1, -0.05) is 32.8 Å². The molecule has 2 unspecified atom stereocenters. The van der Waals surface area contributed by atoms with Crippen LogP contribution in [0.1, 0.15) is 0 Å². The molecule has 2 aliphatic rings. The molecule has 3 atom stereocenters. The standard InChI is InChI=1S/C14H16BrN7O6S2/c1-21-13(17-19-20-21)30-5-14(12(26)27)3-22-10(25)8(11(22)29-4-14)16-9(24)7(18-28)6(23)2-15/h8,11,28H,2-5H2,1H3,(H,16,24)(H,26,27)/t8?,11-,14?/m1/s1. The van der Waals surface area contributed by atoms with Crippen molar-refractivity contribution >= 4 is 68.7 Å². The van der Waals surface area contributed by atoms with Crippen LogP contribution in [0.15, 0.2) is 10.3 Å². The number of carboxylic acids is 1. The summed E-state index contributed by atoms with van der Waals surface area (Å²) in [5.74, 6) is -2.88. The number of fused-ring (bicyclic) bond motifs is 1. The van der Waals surface area contributed by atoms with E-state index in [2.05, 4.69) is 41.9 Å². The summed E-state index contributed by atoms with van der Waals surface area (Å²) in [5.41, 5.74) is -1.93. The van der Waals surface area contributed by atoms with Crippen molar-refractivity contribution in [2.24, 2.45) is 17.6 Å². The number of ketones is 1. The van der Waals surface area contributed by atoms with E-state index in [1.165, 1.54) is 33.1 Å². The summed E-state index contributed by atoms with van der Waals surface area (Å²) in [6.07, 6.45) is 0. The Morgan fingerprint density at radius 1 is 1.47 bits per heavy atom. The maximum atomic E-state index is 12.5. The summed E-state index contributed by atoms with van der Waals surface area (Å²) in [5, 5.41) is 34.6. The van der Waals surface area contributed by atoms with Crippen molar-refractivity contribution in [2.75, 3.05) is 23.4 Å². The maximum Gasteiger partial charge on any atom is 0.313 e. The molecule has 0 bridgehead atoms. The summed E-state index contributed by atoms with van der Waals surface area (Å²) >= 11 is 5.27. The second-order valence-electron chi connectivity index (χ2n) is 6.58. The molecule has 1 aromatic rings. The number of alkyl halides is 1. The molecular weight excluding hydrogens is 506 g/mol. The fourth-order valence-corrected chi connectivity index (χ4v) is 5.93. The third-order valence-electron chi connectivity index (χ3n) is 4.64. The number of tetrazole rings is 1. The van der Waals surface area contributed by atoms with Crippen LogP contribution in [-0.2, 0) is 26.2 Å². The summed E-state index contributed by atoms with van der Waals surface area (Å²) in [6, 6.07) is -0.940. The number of aromatic nitrogens is 4. The third kappa shape index (κ3) is 4.02. The molecular formula is C14H16BrN7O6S2. The number of carbonyl (C=O) groups is 4. The lowest BCUT2D eigenvalue weighted by molar-refractivity contribution is -0.157. The molecule has 0 saturated carbocycles. The lowest BCUT2D eigenvalue weighted by atomic mass is 9.89. The fourth-order valence-electron chi connectivity index (χ4n) is 2.95. The molecule has 2 saturated heterocycles. The lowest BCUT2D eigenvalue weighted by Crippen LogP contribution is -2.74. The molecule has 0 spiro atoms. The van der Waals surface area contributed by atoms with Crippen molar-refractivity contribution < 1.29 is 29.5 Å². The Morgan fingerprint density at radius 3 is 2.77 bits per heavy atom. The Morgan fingerprint density at radius 2 is 2.20 bits per heavy atom. The number of Topliss-reactive ketones (excluding diaryl/α,β-unsaturated/α-hetero) is 1. The van der Waals surface area contributed by atoms with Gasteiger partial charge in [0.2, 0.25) is 22.6 Å². The molecule has 162 valence electrons. The van der Waals surface area contributed by atoms with E-state index in [1.807, 2.05) is 0 Å². The monoisotopic (exact) mass is 521 g/mol. The zero-order valence-corrected chi connectivity index (χ0v) is 18.6. The number of hydrogen-bond donors (Lipinski definition) is 3. The fraction of sp³-hybridized carbons (Fsp3) is 0.571. The van der Waals surface area contributed by atoms with Crippen LogP contribution < -0.4 is 5.32 Å². The molecule has 3 heterocycles. The first-order valence-electron chi connectivity index (χ1n) is 8.37. The van der Waals surface area contributed by atoms with Crippen molar-refractivity contribution in [3.05, 3.63) is 0 Å². The van der Waals surface area contributed by atoms with Gasteiger partial charge in [-0.3, -0.25) is 19.2 Å². The first kappa shape index (κ1) is 22.5. The minimum Gasteiger partial charge on any atom is -0.481 e. The number of aryl methyl sites for hydroxylation is 1.